The maximum Gasteiger partial charge on any atom is 0.133 e. The van der Waals surface area contributed by atoms with Crippen molar-refractivity contribution in [3.63, 3.8) is 0 Å². The Morgan fingerprint density at radius 1 is 1.40 bits per heavy atom. The molecule has 0 spiro atoms. The van der Waals surface area contributed by atoms with Gasteiger partial charge in [0.15, 0.2) is 0 Å². The average molecular weight is 279 g/mol. The SMILES string of the molecule is CCC1CCCC(OCc2occc2CNC(C)C)C1. The zero-order chi connectivity index (χ0) is 14.4. The lowest BCUT2D eigenvalue weighted by Crippen LogP contribution is -2.24. The summed E-state index contributed by atoms with van der Waals surface area (Å²) in [5.74, 6) is 1.84. The third-order valence-corrected chi connectivity index (χ3v) is 4.30. The van der Waals surface area contributed by atoms with E-state index in [9.17, 15) is 0 Å². The topological polar surface area (TPSA) is 34.4 Å². The van der Waals surface area contributed by atoms with E-state index in [0.29, 0.717) is 18.8 Å². The molecular formula is C17H29NO2. The molecule has 1 saturated carbocycles. The molecule has 0 bridgehead atoms. The van der Waals surface area contributed by atoms with E-state index in [1.165, 1.54) is 37.7 Å². The first-order valence-corrected chi connectivity index (χ1v) is 8.09. The average Bonchev–Trinajstić information content (AvgIpc) is 2.90. The molecule has 2 atom stereocenters. The molecule has 1 aliphatic rings. The number of rotatable bonds is 7. The third kappa shape index (κ3) is 4.64. The van der Waals surface area contributed by atoms with Gasteiger partial charge in [-0.3, -0.25) is 0 Å². The highest BCUT2D eigenvalue weighted by Crippen LogP contribution is 2.29. The fraction of sp³-hybridized carbons (Fsp3) is 0.765. The Bertz CT molecular complexity index is 386. The van der Waals surface area contributed by atoms with Crippen LogP contribution in [0.4, 0.5) is 0 Å². The molecule has 0 aromatic carbocycles. The van der Waals surface area contributed by atoms with Crippen LogP contribution in [-0.4, -0.2) is 12.1 Å². The molecule has 1 aromatic rings. The summed E-state index contributed by atoms with van der Waals surface area (Å²) in [4.78, 5) is 0. The van der Waals surface area contributed by atoms with Crippen molar-refractivity contribution in [3.05, 3.63) is 23.7 Å². The van der Waals surface area contributed by atoms with Gasteiger partial charge < -0.3 is 14.5 Å². The highest BCUT2D eigenvalue weighted by Gasteiger charge is 2.21. The van der Waals surface area contributed by atoms with E-state index in [4.69, 9.17) is 9.15 Å². The van der Waals surface area contributed by atoms with Gasteiger partial charge in [-0.1, -0.05) is 40.0 Å². The molecule has 1 heterocycles. The summed E-state index contributed by atoms with van der Waals surface area (Å²) in [6.07, 6.45) is 8.58. The molecule has 0 aliphatic heterocycles. The first-order chi connectivity index (χ1) is 9.69. The molecule has 20 heavy (non-hydrogen) atoms. The molecule has 0 amide bonds. The summed E-state index contributed by atoms with van der Waals surface area (Å²) in [5, 5.41) is 3.43. The van der Waals surface area contributed by atoms with Gasteiger partial charge in [0.05, 0.1) is 12.4 Å². The summed E-state index contributed by atoms with van der Waals surface area (Å²) < 4.78 is 11.7. The van der Waals surface area contributed by atoms with Crippen molar-refractivity contribution >= 4 is 0 Å². The van der Waals surface area contributed by atoms with Gasteiger partial charge in [0.2, 0.25) is 0 Å². The van der Waals surface area contributed by atoms with E-state index in [1.54, 1.807) is 6.26 Å². The van der Waals surface area contributed by atoms with E-state index in [1.807, 2.05) is 6.07 Å². The van der Waals surface area contributed by atoms with Crippen LogP contribution in [0.25, 0.3) is 0 Å². The van der Waals surface area contributed by atoms with E-state index < -0.39 is 0 Å². The maximum absolute atomic E-state index is 6.09. The van der Waals surface area contributed by atoms with Crippen LogP contribution in [0.1, 0.15) is 64.2 Å². The Morgan fingerprint density at radius 3 is 3.00 bits per heavy atom. The van der Waals surface area contributed by atoms with Gasteiger partial charge in [-0.25, -0.2) is 0 Å². The van der Waals surface area contributed by atoms with Crippen molar-refractivity contribution in [2.75, 3.05) is 0 Å². The van der Waals surface area contributed by atoms with Crippen molar-refractivity contribution < 1.29 is 9.15 Å². The molecule has 2 unspecified atom stereocenters. The number of hydrogen-bond acceptors (Lipinski definition) is 3. The van der Waals surface area contributed by atoms with Gasteiger partial charge >= 0.3 is 0 Å². The second-order valence-corrected chi connectivity index (χ2v) is 6.28. The fourth-order valence-corrected chi connectivity index (χ4v) is 2.92. The van der Waals surface area contributed by atoms with Gasteiger partial charge in [0.25, 0.3) is 0 Å². The molecule has 1 aromatic heterocycles. The quantitative estimate of drug-likeness (QED) is 0.809. The molecule has 0 radical (unpaired) electrons. The van der Waals surface area contributed by atoms with Crippen molar-refractivity contribution in [2.45, 2.75) is 78.2 Å². The lowest BCUT2D eigenvalue weighted by Gasteiger charge is -2.28. The van der Waals surface area contributed by atoms with E-state index in [-0.39, 0.29) is 0 Å². The van der Waals surface area contributed by atoms with Crippen molar-refractivity contribution in [2.24, 2.45) is 5.92 Å². The predicted molar refractivity (Wildman–Crippen MR) is 81.5 cm³/mol. The lowest BCUT2D eigenvalue weighted by molar-refractivity contribution is -0.00574. The Hall–Kier alpha value is -0.800. The van der Waals surface area contributed by atoms with Crippen LogP contribution in [0.2, 0.25) is 0 Å². The summed E-state index contributed by atoms with van der Waals surface area (Å²) in [7, 11) is 0. The van der Waals surface area contributed by atoms with Gasteiger partial charge in [0, 0.05) is 18.2 Å². The van der Waals surface area contributed by atoms with E-state index in [0.717, 1.165) is 18.2 Å². The van der Waals surface area contributed by atoms with Crippen LogP contribution in [-0.2, 0) is 17.9 Å². The largest absolute Gasteiger partial charge is 0.467 e. The minimum absolute atomic E-state index is 0.421. The monoisotopic (exact) mass is 279 g/mol. The second-order valence-electron chi connectivity index (χ2n) is 6.28. The Kier molecular flexibility index (Phi) is 6.11. The molecule has 3 heteroatoms. The van der Waals surface area contributed by atoms with Gasteiger partial charge in [0.1, 0.15) is 12.4 Å². The highest BCUT2D eigenvalue weighted by atomic mass is 16.5. The Morgan fingerprint density at radius 2 is 2.25 bits per heavy atom. The minimum atomic E-state index is 0.421. The highest BCUT2D eigenvalue weighted by molar-refractivity contribution is 5.16. The van der Waals surface area contributed by atoms with Gasteiger partial charge in [-0.15, -0.1) is 0 Å². The van der Waals surface area contributed by atoms with Crippen LogP contribution in [0.5, 0.6) is 0 Å². The predicted octanol–water partition coefficient (Wildman–Crippen LogP) is 4.26. The summed E-state index contributed by atoms with van der Waals surface area (Å²) in [6.45, 7) is 8.07. The molecule has 3 nitrogen and oxygen atoms in total. The molecular weight excluding hydrogens is 250 g/mol. The summed E-state index contributed by atoms with van der Waals surface area (Å²) in [6, 6.07) is 2.53. The molecule has 1 fully saturated rings. The number of furan rings is 1. The van der Waals surface area contributed by atoms with Crippen molar-refractivity contribution in [3.8, 4) is 0 Å². The van der Waals surface area contributed by atoms with Crippen LogP contribution >= 0.6 is 0 Å². The molecule has 0 saturated heterocycles. The van der Waals surface area contributed by atoms with Crippen molar-refractivity contribution in [1.82, 2.24) is 5.32 Å². The summed E-state index contributed by atoms with van der Waals surface area (Å²) >= 11 is 0. The molecule has 1 N–H and O–H groups in total. The zero-order valence-electron chi connectivity index (χ0n) is 13.2. The van der Waals surface area contributed by atoms with Gasteiger partial charge in [-0.05, 0) is 24.8 Å². The third-order valence-electron chi connectivity index (χ3n) is 4.30. The van der Waals surface area contributed by atoms with Crippen LogP contribution in [0, 0.1) is 5.92 Å². The fourth-order valence-electron chi connectivity index (χ4n) is 2.92. The minimum Gasteiger partial charge on any atom is -0.467 e. The summed E-state index contributed by atoms with van der Waals surface area (Å²) in [5.41, 5.74) is 1.22. The smallest absolute Gasteiger partial charge is 0.133 e. The van der Waals surface area contributed by atoms with E-state index in [2.05, 4.69) is 26.1 Å². The molecule has 2 rings (SSSR count). The second kappa shape index (κ2) is 7.84. The zero-order valence-corrected chi connectivity index (χ0v) is 13.2. The standard InChI is InChI=1S/C17H29NO2/c1-4-14-6-5-7-16(10-14)20-12-17-15(8-9-19-17)11-18-13(2)3/h8-9,13-14,16,18H,4-7,10-12H2,1-3H3. The normalized spacial score (nSPS) is 23.4. The van der Waals surface area contributed by atoms with Crippen LogP contribution in [0.3, 0.4) is 0 Å². The Balaban J connectivity index is 1.80. The molecule has 1 aliphatic carbocycles. The first-order valence-electron chi connectivity index (χ1n) is 8.09. The van der Waals surface area contributed by atoms with Gasteiger partial charge in [-0.2, -0.15) is 0 Å². The Labute approximate surface area is 123 Å². The lowest BCUT2D eigenvalue weighted by atomic mass is 9.85. The first kappa shape index (κ1) is 15.6. The maximum atomic E-state index is 6.09. The number of hydrogen-bond donors (Lipinski definition) is 1. The van der Waals surface area contributed by atoms with E-state index >= 15 is 0 Å². The van der Waals surface area contributed by atoms with Crippen molar-refractivity contribution in [1.29, 1.82) is 0 Å². The number of nitrogens with one attached hydrogen (secondary N) is 1. The van der Waals surface area contributed by atoms with Crippen LogP contribution in [0.15, 0.2) is 16.7 Å². The number of ether oxygens (including phenoxy) is 1. The van der Waals surface area contributed by atoms with Crippen LogP contribution < -0.4 is 5.32 Å². The molecule has 114 valence electrons.